The van der Waals surface area contributed by atoms with Crippen LogP contribution in [0.4, 0.5) is 0 Å². The zero-order chi connectivity index (χ0) is 10.1. The third kappa shape index (κ3) is 1.86. The number of sulfonamides is 1. The molecule has 72 valence electrons. The van der Waals surface area contributed by atoms with Crippen LogP contribution in [0.5, 0.6) is 0 Å². The van der Waals surface area contributed by atoms with Gasteiger partial charge in [0.1, 0.15) is 9.77 Å². The standard InChI is InChI=1S/C5H5NO5S2/c7-5(8)4-3(1-2-12-4)13(10,11)6-9/h1-2,6,9H,(H,7,8). The van der Waals surface area contributed by atoms with Gasteiger partial charge in [0.25, 0.3) is 10.0 Å². The van der Waals surface area contributed by atoms with Crippen LogP contribution in [-0.4, -0.2) is 24.7 Å². The summed E-state index contributed by atoms with van der Waals surface area (Å²) >= 11 is 0.770. The lowest BCUT2D eigenvalue weighted by molar-refractivity contribution is 0.0698. The SMILES string of the molecule is O=C(O)c1sccc1S(=O)(=O)NO. The third-order valence-corrected chi connectivity index (χ3v) is 3.42. The molecule has 0 atom stereocenters. The lowest BCUT2D eigenvalue weighted by Crippen LogP contribution is -2.20. The smallest absolute Gasteiger partial charge is 0.347 e. The average Bonchev–Trinajstić information content (AvgIpc) is 2.52. The third-order valence-electron chi connectivity index (χ3n) is 1.23. The van der Waals surface area contributed by atoms with E-state index in [1.165, 1.54) is 5.38 Å². The highest BCUT2D eigenvalue weighted by molar-refractivity contribution is 7.89. The Morgan fingerprint density at radius 1 is 1.54 bits per heavy atom. The summed E-state index contributed by atoms with van der Waals surface area (Å²) in [5.41, 5.74) is 0. The summed E-state index contributed by atoms with van der Waals surface area (Å²) in [6, 6.07) is 1.10. The van der Waals surface area contributed by atoms with E-state index in [2.05, 4.69) is 0 Å². The van der Waals surface area contributed by atoms with Gasteiger partial charge in [-0.1, -0.05) is 4.89 Å². The fraction of sp³-hybridized carbons (Fsp3) is 0. The normalized spacial score (nSPS) is 11.5. The number of carboxylic acid groups (broad SMARTS) is 1. The molecule has 0 aliphatic rings. The monoisotopic (exact) mass is 223 g/mol. The van der Waals surface area contributed by atoms with Crippen molar-refractivity contribution in [2.45, 2.75) is 4.90 Å². The first-order valence-electron chi connectivity index (χ1n) is 2.95. The number of thiophene rings is 1. The van der Waals surface area contributed by atoms with E-state index >= 15 is 0 Å². The molecule has 1 aromatic rings. The van der Waals surface area contributed by atoms with Crippen LogP contribution < -0.4 is 4.89 Å². The van der Waals surface area contributed by atoms with Gasteiger partial charge in [0, 0.05) is 0 Å². The maximum absolute atomic E-state index is 11.0. The van der Waals surface area contributed by atoms with E-state index in [0.717, 1.165) is 22.3 Å². The minimum Gasteiger partial charge on any atom is -0.477 e. The van der Waals surface area contributed by atoms with Gasteiger partial charge in [-0.15, -0.1) is 11.3 Å². The number of rotatable bonds is 3. The maximum atomic E-state index is 11.0. The van der Waals surface area contributed by atoms with Gasteiger partial charge in [0.05, 0.1) is 0 Å². The summed E-state index contributed by atoms with van der Waals surface area (Å²) in [4.78, 5) is 10.8. The Bertz CT molecular complexity index is 420. The molecule has 0 spiro atoms. The van der Waals surface area contributed by atoms with E-state index < -0.39 is 20.9 Å². The van der Waals surface area contributed by atoms with Gasteiger partial charge >= 0.3 is 5.97 Å². The fourth-order valence-corrected chi connectivity index (χ4v) is 2.58. The minimum absolute atomic E-state index is 0.332. The summed E-state index contributed by atoms with van der Waals surface area (Å²) in [5, 5.41) is 18.1. The molecule has 0 saturated heterocycles. The second kappa shape index (κ2) is 3.42. The zero-order valence-corrected chi connectivity index (χ0v) is 7.72. The number of hydrogen-bond acceptors (Lipinski definition) is 5. The highest BCUT2D eigenvalue weighted by atomic mass is 32.2. The predicted octanol–water partition coefficient (Wildman–Crippen LogP) is 0.114. The van der Waals surface area contributed by atoms with E-state index in [1.54, 1.807) is 0 Å². The molecule has 0 aliphatic heterocycles. The van der Waals surface area contributed by atoms with Gasteiger partial charge in [-0.05, 0) is 11.4 Å². The molecule has 13 heavy (non-hydrogen) atoms. The van der Waals surface area contributed by atoms with E-state index in [0.29, 0.717) is 0 Å². The molecule has 0 saturated carbocycles. The lowest BCUT2D eigenvalue weighted by Gasteiger charge is -1.98. The van der Waals surface area contributed by atoms with Crippen molar-refractivity contribution in [2.75, 3.05) is 0 Å². The largest absolute Gasteiger partial charge is 0.477 e. The van der Waals surface area contributed by atoms with Crippen LogP contribution >= 0.6 is 11.3 Å². The van der Waals surface area contributed by atoms with Crippen molar-refractivity contribution in [1.29, 1.82) is 0 Å². The molecular formula is C5H5NO5S2. The predicted molar refractivity (Wildman–Crippen MR) is 43.4 cm³/mol. The van der Waals surface area contributed by atoms with Crippen molar-refractivity contribution in [3.8, 4) is 0 Å². The van der Waals surface area contributed by atoms with Gasteiger partial charge < -0.3 is 10.3 Å². The Labute approximate surface area is 77.5 Å². The highest BCUT2D eigenvalue weighted by Gasteiger charge is 2.22. The summed E-state index contributed by atoms with van der Waals surface area (Å²) in [6.45, 7) is 0. The Morgan fingerprint density at radius 3 is 2.62 bits per heavy atom. The maximum Gasteiger partial charge on any atom is 0.347 e. The molecule has 1 rings (SSSR count). The molecule has 1 heterocycles. The van der Waals surface area contributed by atoms with E-state index in [-0.39, 0.29) is 4.88 Å². The van der Waals surface area contributed by atoms with Crippen LogP contribution in [0.2, 0.25) is 0 Å². The summed E-state index contributed by atoms with van der Waals surface area (Å²) in [6.07, 6.45) is 0. The van der Waals surface area contributed by atoms with Crippen LogP contribution in [0.15, 0.2) is 16.3 Å². The summed E-state index contributed by atoms with van der Waals surface area (Å²) in [7, 11) is -4.10. The first kappa shape index (κ1) is 10.1. The van der Waals surface area contributed by atoms with E-state index in [1.807, 2.05) is 0 Å². The van der Waals surface area contributed by atoms with Gasteiger partial charge in [0.15, 0.2) is 0 Å². The molecular weight excluding hydrogens is 218 g/mol. The van der Waals surface area contributed by atoms with Crippen molar-refractivity contribution in [2.24, 2.45) is 0 Å². The van der Waals surface area contributed by atoms with Crippen LogP contribution in [0.3, 0.4) is 0 Å². The summed E-state index contributed by atoms with van der Waals surface area (Å²) in [5.74, 6) is -1.34. The first-order chi connectivity index (χ1) is 5.99. The molecule has 0 radical (unpaired) electrons. The van der Waals surface area contributed by atoms with Crippen molar-refractivity contribution in [3.05, 3.63) is 16.3 Å². The Kier molecular flexibility index (Phi) is 2.66. The molecule has 8 heteroatoms. The van der Waals surface area contributed by atoms with Crippen molar-refractivity contribution < 1.29 is 23.5 Å². The Balaban J connectivity index is 3.31. The van der Waals surface area contributed by atoms with E-state index in [9.17, 15) is 13.2 Å². The molecule has 0 amide bonds. The van der Waals surface area contributed by atoms with E-state index in [4.69, 9.17) is 10.3 Å². The first-order valence-corrected chi connectivity index (χ1v) is 5.32. The fourth-order valence-electron chi connectivity index (χ4n) is 0.714. The molecule has 0 aliphatic carbocycles. The van der Waals surface area contributed by atoms with Crippen molar-refractivity contribution in [1.82, 2.24) is 4.89 Å². The second-order valence-electron chi connectivity index (χ2n) is 2.01. The molecule has 0 unspecified atom stereocenters. The lowest BCUT2D eigenvalue weighted by atomic mass is 10.5. The minimum atomic E-state index is -4.10. The average molecular weight is 223 g/mol. The van der Waals surface area contributed by atoms with Crippen molar-refractivity contribution in [3.63, 3.8) is 0 Å². The molecule has 0 fully saturated rings. The van der Waals surface area contributed by atoms with Crippen LogP contribution in [-0.2, 0) is 10.0 Å². The van der Waals surface area contributed by atoms with Crippen LogP contribution in [0, 0.1) is 0 Å². The molecule has 0 aromatic carbocycles. The van der Waals surface area contributed by atoms with Crippen molar-refractivity contribution >= 4 is 27.3 Å². The molecule has 6 nitrogen and oxygen atoms in total. The second-order valence-corrected chi connectivity index (χ2v) is 4.56. The van der Waals surface area contributed by atoms with Gasteiger partial charge in [-0.2, -0.15) is 0 Å². The zero-order valence-electron chi connectivity index (χ0n) is 6.09. The topological polar surface area (TPSA) is 104 Å². The summed E-state index contributed by atoms with van der Waals surface area (Å²) < 4.78 is 21.9. The number of nitrogens with one attached hydrogen (secondary N) is 1. The van der Waals surface area contributed by atoms with Crippen LogP contribution in [0.25, 0.3) is 0 Å². The van der Waals surface area contributed by atoms with Gasteiger partial charge in [-0.3, -0.25) is 0 Å². The number of aromatic carboxylic acids is 1. The van der Waals surface area contributed by atoms with Crippen LogP contribution in [0.1, 0.15) is 9.67 Å². The Morgan fingerprint density at radius 2 is 2.15 bits per heavy atom. The Hall–Kier alpha value is -0.960. The number of carbonyl (C=O) groups is 1. The highest BCUT2D eigenvalue weighted by Crippen LogP contribution is 2.21. The number of hydrogen-bond donors (Lipinski definition) is 3. The molecule has 0 bridgehead atoms. The van der Waals surface area contributed by atoms with Gasteiger partial charge in [-0.25, -0.2) is 13.2 Å². The van der Waals surface area contributed by atoms with Gasteiger partial charge in [0.2, 0.25) is 0 Å². The quantitative estimate of drug-likeness (QED) is 0.631. The molecule has 3 N–H and O–H groups in total. The molecule has 1 aromatic heterocycles. The number of carboxylic acids is 1.